The van der Waals surface area contributed by atoms with E-state index in [-0.39, 0.29) is 24.1 Å². The number of carbonyl (C=O) groups excluding carboxylic acids is 2. The number of hydrogen-bond donors (Lipinski definition) is 4. The molecule has 0 saturated heterocycles. The molecule has 0 saturated carbocycles. The normalized spacial score (nSPS) is 11.5. The van der Waals surface area contributed by atoms with Crippen molar-refractivity contribution in [2.24, 2.45) is 5.11 Å². The van der Waals surface area contributed by atoms with E-state index < -0.39 is 6.04 Å². The topological polar surface area (TPSA) is 118 Å². The van der Waals surface area contributed by atoms with Crippen molar-refractivity contribution in [2.75, 3.05) is 0 Å². The Hall–Kier alpha value is -1.06. The zero-order chi connectivity index (χ0) is 15.4. The van der Waals surface area contributed by atoms with Crippen molar-refractivity contribution in [3.63, 3.8) is 0 Å². The molecule has 0 aromatic heterocycles. The van der Waals surface area contributed by atoms with E-state index in [1.807, 2.05) is 0 Å². The van der Waals surface area contributed by atoms with E-state index in [0.717, 1.165) is 25.7 Å². The average molecular weight is 395 g/mol. The lowest BCUT2D eigenvalue weighted by Gasteiger charge is -2.15. The van der Waals surface area contributed by atoms with Crippen LogP contribution in [-0.2, 0) is 9.59 Å². The molecule has 0 aromatic carbocycles. The fraction of sp³-hybridized carbons (Fsp3) is 0.750. The van der Waals surface area contributed by atoms with Crippen LogP contribution in [0.2, 0.25) is 0 Å². The monoisotopic (exact) mass is 395 g/mol. The van der Waals surface area contributed by atoms with E-state index in [1.165, 1.54) is 6.42 Å². The Morgan fingerprint density at radius 3 is 2.40 bits per heavy atom. The first-order valence-corrected chi connectivity index (χ1v) is 7.77. The van der Waals surface area contributed by atoms with Gasteiger partial charge in [0.2, 0.25) is 11.8 Å². The minimum atomic E-state index is -0.828. The van der Waals surface area contributed by atoms with Gasteiger partial charge in [0.05, 0.1) is 35.3 Å². The summed E-state index contributed by atoms with van der Waals surface area (Å²) in [5, 5.41) is 13.0. The number of unbranched alkanes of at least 4 members (excludes halogenated alkanes) is 4. The van der Waals surface area contributed by atoms with Crippen molar-refractivity contribution in [2.45, 2.75) is 57.9 Å². The number of halogens is 1. The summed E-state index contributed by atoms with van der Waals surface area (Å²) in [6, 6.07) is -0.828. The Kier molecular flexibility index (Phi) is 11.1. The van der Waals surface area contributed by atoms with E-state index in [9.17, 15) is 9.59 Å². The molecule has 2 amide bonds. The van der Waals surface area contributed by atoms with Gasteiger partial charge >= 0.3 is 0 Å². The number of nitrogens with one attached hydrogen (secondary N) is 4. The van der Waals surface area contributed by atoms with Gasteiger partial charge < -0.3 is 5.32 Å². The van der Waals surface area contributed by atoms with Crippen molar-refractivity contribution in [3.8, 4) is 0 Å². The average Bonchev–Trinajstić information content (AvgIpc) is 2.45. The van der Waals surface area contributed by atoms with E-state index in [4.69, 9.17) is 10.9 Å². The van der Waals surface area contributed by atoms with Crippen LogP contribution in [0.25, 0.3) is 0 Å². The summed E-state index contributed by atoms with van der Waals surface area (Å²) in [6.07, 6.45) is 5.53. The smallest absolute Gasteiger partial charge is 0.231 e. The molecule has 1 atom stereocenters. The summed E-state index contributed by atoms with van der Waals surface area (Å²) >= 11 is 1.69. The Labute approximate surface area is 133 Å². The summed E-state index contributed by atoms with van der Waals surface area (Å²) in [7, 11) is 0. The van der Waals surface area contributed by atoms with Gasteiger partial charge in [0.1, 0.15) is 0 Å². The number of hydrogen-bond acceptors (Lipinski definition) is 4. The fourth-order valence-corrected chi connectivity index (χ4v) is 1.89. The van der Waals surface area contributed by atoms with Crippen LogP contribution in [-0.4, -0.2) is 23.7 Å². The van der Waals surface area contributed by atoms with E-state index in [2.05, 4.69) is 20.9 Å². The number of rotatable bonds is 10. The van der Waals surface area contributed by atoms with Gasteiger partial charge in [-0.15, -0.1) is 5.11 Å². The highest BCUT2D eigenvalue weighted by Gasteiger charge is 2.20. The van der Waals surface area contributed by atoms with Crippen LogP contribution < -0.4 is 8.85 Å². The molecule has 0 aliphatic carbocycles. The SMILES string of the molecule is CCCCCCCC(=O)N[C@H](CC(=O)NI)C(=N)N=N. The minimum absolute atomic E-state index is 0.0777. The molecule has 0 bridgehead atoms. The van der Waals surface area contributed by atoms with Gasteiger partial charge in [0.25, 0.3) is 0 Å². The maximum Gasteiger partial charge on any atom is 0.231 e. The molecular weight excluding hydrogens is 373 g/mol. The predicted molar refractivity (Wildman–Crippen MR) is 85.0 cm³/mol. The zero-order valence-corrected chi connectivity index (χ0v) is 13.8. The molecule has 114 valence electrons. The second kappa shape index (κ2) is 11.7. The molecule has 0 rings (SSSR count). The van der Waals surface area contributed by atoms with Crippen LogP contribution in [0.5, 0.6) is 0 Å². The maximum absolute atomic E-state index is 11.7. The molecule has 7 nitrogen and oxygen atoms in total. The third kappa shape index (κ3) is 8.94. The second-order valence-corrected chi connectivity index (χ2v) is 5.04. The first-order valence-electron chi connectivity index (χ1n) is 6.69. The van der Waals surface area contributed by atoms with Crippen molar-refractivity contribution >= 4 is 40.5 Å². The molecule has 0 fully saturated rings. The van der Waals surface area contributed by atoms with E-state index in [1.54, 1.807) is 22.9 Å². The van der Waals surface area contributed by atoms with Crippen molar-refractivity contribution in [1.29, 1.82) is 10.9 Å². The van der Waals surface area contributed by atoms with Crippen LogP contribution >= 0.6 is 22.9 Å². The van der Waals surface area contributed by atoms with Crippen LogP contribution in [0.3, 0.4) is 0 Å². The molecule has 8 heteroatoms. The fourth-order valence-electron chi connectivity index (χ4n) is 1.67. The molecule has 0 heterocycles. The molecule has 0 aromatic rings. The van der Waals surface area contributed by atoms with Crippen LogP contribution in [0, 0.1) is 10.9 Å². The van der Waals surface area contributed by atoms with Crippen LogP contribution in [0.1, 0.15) is 51.9 Å². The lowest BCUT2D eigenvalue weighted by atomic mass is 10.1. The number of amidine groups is 1. The third-order valence-corrected chi connectivity index (χ3v) is 3.39. The lowest BCUT2D eigenvalue weighted by molar-refractivity contribution is -0.122. The maximum atomic E-state index is 11.7. The molecule has 0 radical (unpaired) electrons. The molecule has 0 aliphatic heterocycles. The Morgan fingerprint density at radius 2 is 1.85 bits per heavy atom. The van der Waals surface area contributed by atoms with E-state index >= 15 is 0 Å². The first-order chi connectivity index (χ1) is 9.54. The predicted octanol–water partition coefficient (Wildman–Crippen LogP) is 2.70. The molecule has 0 unspecified atom stereocenters. The van der Waals surface area contributed by atoms with Crippen LogP contribution in [0.15, 0.2) is 5.11 Å². The highest BCUT2D eigenvalue weighted by atomic mass is 127. The number of carbonyl (C=O) groups is 2. The molecular formula is C12H22IN5O2. The van der Waals surface area contributed by atoms with Gasteiger partial charge in [0, 0.05) is 6.42 Å². The van der Waals surface area contributed by atoms with Gasteiger partial charge in [-0.2, -0.15) is 0 Å². The van der Waals surface area contributed by atoms with Gasteiger partial charge in [0.15, 0.2) is 5.84 Å². The first kappa shape index (κ1) is 18.9. The second-order valence-electron chi connectivity index (χ2n) is 4.50. The minimum Gasteiger partial charge on any atom is -0.345 e. The Bertz CT molecular complexity index is 349. The number of nitrogens with zero attached hydrogens (tertiary/aromatic N) is 1. The summed E-state index contributed by atoms with van der Waals surface area (Å²) < 4.78 is 2.39. The number of amides is 2. The molecule has 20 heavy (non-hydrogen) atoms. The van der Waals surface area contributed by atoms with Crippen LogP contribution in [0.4, 0.5) is 0 Å². The summed E-state index contributed by atoms with van der Waals surface area (Å²) in [4.78, 5) is 23.0. The zero-order valence-electron chi connectivity index (χ0n) is 11.7. The van der Waals surface area contributed by atoms with Gasteiger partial charge in [-0.05, 0) is 6.42 Å². The Balaban J connectivity index is 4.15. The van der Waals surface area contributed by atoms with Crippen molar-refractivity contribution in [3.05, 3.63) is 0 Å². The summed E-state index contributed by atoms with van der Waals surface area (Å²) in [5.74, 6) is -0.835. The van der Waals surface area contributed by atoms with Crippen molar-refractivity contribution in [1.82, 2.24) is 8.85 Å². The third-order valence-electron chi connectivity index (χ3n) is 2.79. The highest BCUT2D eigenvalue weighted by Crippen LogP contribution is 2.06. The Morgan fingerprint density at radius 1 is 1.20 bits per heavy atom. The van der Waals surface area contributed by atoms with Crippen molar-refractivity contribution < 1.29 is 9.59 Å². The quantitative estimate of drug-likeness (QED) is 0.114. The molecule has 0 spiro atoms. The molecule has 0 aliphatic rings. The van der Waals surface area contributed by atoms with Gasteiger partial charge in [-0.1, -0.05) is 32.6 Å². The van der Waals surface area contributed by atoms with Gasteiger partial charge in [-0.25, -0.2) is 5.53 Å². The summed E-state index contributed by atoms with van der Waals surface area (Å²) in [5.41, 5.74) is 6.81. The lowest BCUT2D eigenvalue weighted by Crippen LogP contribution is -2.42. The highest BCUT2D eigenvalue weighted by molar-refractivity contribution is 14.1. The van der Waals surface area contributed by atoms with Gasteiger partial charge in [-0.3, -0.25) is 18.5 Å². The largest absolute Gasteiger partial charge is 0.345 e. The summed E-state index contributed by atoms with van der Waals surface area (Å²) in [6.45, 7) is 2.13. The van der Waals surface area contributed by atoms with E-state index in [0.29, 0.717) is 6.42 Å². The standard InChI is InChI=1S/C12H22IN5O2/c1-2-3-4-5-6-7-10(19)16-9(12(14)18-15)8-11(20)17-13/h9,14-15H,2-8H2,1H3,(H,16,19)(H,17,20)/t9-/m1/s1. The molecule has 4 N–H and O–H groups in total.